The van der Waals surface area contributed by atoms with Crippen molar-refractivity contribution in [3.63, 3.8) is 0 Å². The van der Waals surface area contributed by atoms with Gasteiger partial charge in [-0.1, -0.05) is 13.8 Å². The van der Waals surface area contributed by atoms with Crippen molar-refractivity contribution in [2.24, 2.45) is 10.8 Å². The van der Waals surface area contributed by atoms with E-state index >= 15 is 0 Å². The number of carbonyl (C=O) groups is 1. The largest absolute Gasteiger partial charge is 0.465 e. The van der Waals surface area contributed by atoms with E-state index in [1.807, 2.05) is 34.6 Å². The van der Waals surface area contributed by atoms with Crippen LogP contribution < -0.4 is 0 Å². The van der Waals surface area contributed by atoms with E-state index in [0.29, 0.717) is 13.0 Å². The Morgan fingerprint density at radius 2 is 1.73 bits per heavy atom. The van der Waals surface area contributed by atoms with Gasteiger partial charge in [-0.05, 0) is 39.5 Å². The monoisotopic (exact) mass is 216 g/mol. The first-order valence-corrected chi connectivity index (χ1v) is 5.42. The van der Waals surface area contributed by atoms with Gasteiger partial charge in [-0.3, -0.25) is 4.79 Å². The molecule has 0 spiro atoms. The van der Waals surface area contributed by atoms with Gasteiger partial charge < -0.3 is 9.84 Å². The van der Waals surface area contributed by atoms with Crippen molar-refractivity contribution >= 4 is 5.97 Å². The quantitative estimate of drug-likeness (QED) is 0.734. The number of carbonyl (C=O) groups excluding carboxylic acids is 1. The molecule has 0 aromatic carbocycles. The number of aliphatic hydroxyl groups is 1. The lowest BCUT2D eigenvalue weighted by atomic mass is 9.84. The number of rotatable bonds is 4. The summed E-state index contributed by atoms with van der Waals surface area (Å²) in [6.45, 7) is 11.5. The van der Waals surface area contributed by atoms with Gasteiger partial charge in [-0.15, -0.1) is 0 Å². The first-order chi connectivity index (χ1) is 6.57. The average molecular weight is 216 g/mol. The standard InChI is InChI=1S/C12H24O3/c1-9(13)12(5,6)7-8-15-10(14)11(2,3)4/h9,13H,7-8H2,1-6H3. The third-order valence-corrected chi connectivity index (χ3v) is 2.72. The zero-order chi connectivity index (χ0) is 12.3. The molecular formula is C12H24O3. The summed E-state index contributed by atoms with van der Waals surface area (Å²) in [5, 5.41) is 9.46. The fourth-order valence-corrected chi connectivity index (χ4v) is 0.832. The van der Waals surface area contributed by atoms with Crippen LogP contribution in [0.4, 0.5) is 0 Å². The van der Waals surface area contributed by atoms with Crippen molar-refractivity contribution in [2.45, 2.75) is 54.1 Å². The molecule has 0 radical (unpaired) electrons. The zero-order valence-corrected chi connectivity index (χ0v) is 10.8. The molecule has 0 aliphatic heterocycles. The molecule has 0 heterocycles. The molecule has 3 nitrogen and oxygen atoms in total. The predicted molar refractivity (Wildman–Crippen MR) is 60.5 cm³/mol. The van der Waals surface area contributed by atoms with E-state index in [1.165, 1.54) is 0 Å². The normalized spacial score (nSPS) is 14.9. The van der Waals surface area contributed by atoms with Crippen LogP contribution in [-0.2, 0) is 9.53 Å². The number of ether oxygens (including phenoxy) is 1. The summed E-state index contributed by atoms with van der Waals surface area (Å²) < 4.78 is 5.14. The van der Waals surface area contributed by atoms with Crippen LogP contribution in [0, 0.1) is 10.8 Å². The summed E-state index contributed by atoms with van der Waals surface area (Å²) in [7, 11) is 0. The van der Waals surface area contributed by atoms with Gasteiger partial charge in [0.05, 0.1) is 18.1 Å². The highest BCUT2D eigenvalue weighted by atomic mass is 16.5. The van der Waals surface area contributed by atoms with E-state index < -0.39 is 11.5 Å². The first kappa shape index (κ1) is 14.4. The zero-order valence-electron chi connectivity index (χ0n) is 10.8. The van der Waals surface area contributed by atoms with E-state index in [9.17, 15) is 9.90 Å². The second kappa shape index (κ2) is 4.97. The molecule has 1 N–H and O–H groups in total. The van der Waals surface area contributed by atoms with Gasteiger partial charge in [0.1, 0.15) is 0 Å². The summed E-state index contributed by atoms with van der Waals surface area (Å²) in [5.74, 6) is -0.191. The molecule has 0 fully saturated rings. The van der Waals surface area contributed by atoms with Gasteiger partial charge in [0.25, 0.3) is 0 Å². The smallest absolute Gasteiger partial charge is 0.311 e. The van der Waals surface area contributed by atoms with Crippen molar-refractivity contribution in [3.8, 4) is 0 Å². The SMILES string of the molecule is CC(O)C(C)(C)CCOC(=O)C(C)(C)C. The van der Waals surface area contributed by atoms with E-state index in [-0.39, 0.29) is 11.4 Å². The highest BCUT2D eigenvalue weighted by Gasteiger charge is 2.26. The molecular weight excluding hydrogens is 192 g/mol. The summed E-state index contributed by atoms with van der Waals surface area (Å²) >= 11 is 0. The van der Waals surface area contributed by atoms with E-state index in [4.69, 9.17) is 4.74 Å². The van der Waals surface area contributed by atoms with Crippen molar-refractivity contribution in [1.82, 2.24) is 0 Å². The molecule has 0 aliphatic rings. The lowest BCUT2D eigenvalue weighted by Gasteiger charge is -2.28. The topological polar surface area (TPSA) is 46.5 Å². The molecule has 90 valence electrons. The Hall–Kier alpha value is -0.570. The van der Waals surface area contributed by atoms with Crippen LogP contribution in [0.1, 0.15) is 48.0 Å². The van der Waals surface area contributed by atoms with Gasteiger partial charge in [0, 0.05) is 0 Å². The summed E-state index contributed by atoms with van der Waals surface area (Å²) in [5.41, 5.74) is -0.660. The molecule has 3 heteroatoms. The maximum Gasteiger partial charge on any atom is 0.311 e. The van der Waals surface area contributed by atoms with Gasteiger partial charge in [-0.25, -0.2) is 0 Å². The summed E-state index contributed by atoms with van der Waals surface area (Å²) in [6, 6.07) is 0. The number of hydrogen-bond acceptors (Lipinski definition) is 3. The van der Waals surface area contributed by atoms with E-state index in [1.54, 1.807) is 6.92 Å². The Morgan fingerprint density at radius 1 is 1.27 bits per heavy atom. The number of hydrogen-bond donors (Lipinski definition) is 1. The second-order valence-electron chi connectivity index (χ2n) is 5.80. The minimum atomic E-state index is -0.449. The van der Waals surface area contributed by atoms with Crippen molar-refractivity contribution in [2.75, 3.05) is 6.61 Å². The molecule has 0 aromatic heterocycles. The Labute approximate surface area is 92.8 Å². The van der Waals surface area contributed by atoms with Gasteiger partial charge in [0.15, 0.2) is 0 Å². The number of aliphatic hydroxyl groups excluding tert-OH is 1. The summed E-state index contributed by atoms with van der Waals surface area (Å²) in [6.07, 6.45) is 0.276. The van der Waals surface area contributed by atoms with Crippen LogP contribution in [0.5, 0.6) is 0 Å². The van der Waals surface area contributed by atoms with Crippen LogP contribution >= 0.6 is 0 Å². The Kier molecular flexibility index (Phi) is 4.78. The third-order valence-electron chi connectivity index (χ3n) is 2.72. The van der Waals surface area contributed by atoms with Gasteiger partial charge in [0.2, 0.25) is 0 Å². The summed E-state index contributed by atoms with van der Waals surface area (Å²) in [4.78, 5) is 11.4. The molecule has 0 aromatic rings. The fourth-order valence-electron chi connectivity index (χ4n) is 0.832. The Balaban J connectivity index is 3.96. The third kappa shape index (κ3) is 5.17. The van der Waals surface area contributed by atoms with Crippen molar-refractivity contribution < 1.29 is 14.6 Å². The molecule has 0 amide bonds. The molecule has 0 rings (SSSR count). The Morgan fingerprint density at radius 3 is 2.07 bits per heavy atom. The number of esters is 1. The van der Waals surface area contributed by atoms with E-state index in [0.717, 1.165) is 0 Å². The lowest BCUT2D eigenvalue weighted by Crippen LogP contribution is -2.30. The second-order valence-corrected chi connectivity index (χ2v) is 5.80. The van der Waals surface area contributed by atoms with Gasteiger partial charge in [-0.2, -0.15) is 0 Å². The molecule has 1 atom stereocenters. The highest BCUT2D eigenvalue weighted by Crippen LogP contribution is 2.25. The van der Waals surface area contributed by atoms with Crippen molar-refractivity contribution in [1.29, 1.82) is 0 Å². The molecule has 0 bridgehead atoms. The molecule has 1 unspecified atom stereocenters. The van der Waals surface area contributed by atoms with Gasteiger partial charge >= 0.3 is 5.97 Å². The Bertz CT molecular complexity index is 211. The maximum atomic E-state index is 11.4. The maximum absolute atomic E-state index is 11.4. The van der Waals surface area contributed by atoms with E-state index in [2.05, 4.69) is 0 Å². The van der Waals surface area contributed by atoms with Crippen LogP contribution in [0.2, 0.25) is 0 Å². The minimum Gasteiger partial charge on any atom is -0.465 e. The van der Waals surface area contributed by atoms with Crippen LogP contribution in [0.25, 0.3) is 0 Å². The van der Waals surface area contributed by atoms with Crippen molar-refractivity contribution in [3.05, 3.63) is 0 Å². The first-order valence-electron chi connectivity index (χ1n) is 5.42. The average Bonchev–Trinajstić information content (AvgIpc) is 2.01. The van der Waals surface area contributed by atoms with Crippen LogP contribution in [0.15, 0.2) is 0 Å². The molecule has 0 aliphatic carbocycles. The predicted octanol–water partition coefficient (Wildman–Crippen LogP) is 2.37. The highest BCUT2D eigenvalue weighted by molar-refractivity contribution is 5.75. The van der Waals surface area contributed by atoms with Crippen LogP contribution in [-0.4, -0.2) is 23.8 Å². The molecule has 0 saturated carbocycles. The fraction of sp³-hybridized carbons (Fsp3) is 0.917. The molecule has 0 saturated heterocycles. The lowest BCUT2D eigenvalue weighted by molar-refractivity contribution is -0.154. The van der Waals surface area contributed by atoms with Crippen LogP contribution in [0.3, 0.4) is 0 Å². The molecule has 15 heavy (non-hydrogen) atoms. The minimum absolute atomic E-state index is 0.191.